The topological polar surface area (TPSA) is 146 Å². The van der Waals surface area contributed by atoms with Crippen molar-refractivity contribution in [2.24, 2.45) is 31.3 Å². The summed E-state index contributed by atoms with van der Waals surface area (Å²) in [5.74, 6) is -1.62. The van der Waals surface area contributed by atoms with Crippen LogP contribution in [0.25, 0.3) is 21.8 Å². The predicted molar refractivity (Wildman–Crippen MR) is 242 cm³/mol. The van der Waals surface area contributed by atoms with Crippen LogP contribution in [-0.2, 0) is 23.7 Å². The smallest absolute Gasteiger partial charge is 0.301 e. The van der Waals surface area contributed by atoms with Crippen LogP contribution < -0.4 is 35.6 Å². The molecule has 2 aromatic carbocycles. The van der Waals surface area contributed by atoms with Crippen molar-refractivity contribution in [2.75, 3.05) is 77.8 Å². The first kappa shape index (κ1) is 41.2. The standard InChI is InChI=1S/C46H52ClF2N11O4/c1-55-34-11-8-29(20-32(34)38-39(43(55)63)64-26-46(48,49)40(52-38)28-6-7-28)51-41-33(47)22-50-44(53-41)59-24-45(25-59)14-12-27(13-15-45)23-57-16-18-58(19-17-57)30-9-10-31-35(21-30)56(2)54-42(31)60-36(61)4-3-5-37(60)62/h8-11,20-22,27-28,40,52H,3-7,12-19,23-26H2,1-2H3,(H,50,51,53)/t40-/m0/s1. The third-order valence-corrected chi connectivity index (χ3v) is 14.9. The van der Waals surface area contributed by atoms with Crippen molar-refractivity contribution in [1.29, 1.82) is 0 Å². The molecule has 2 saturated carbocycles. The number of amides is 2. The van der Waals surface area contributed by atoms with Crippen LogP contribution in [0, 0.1) is 17.3 Å². The van der Waals surface area contributed by atoms with E-state index in [4.69, 9.17) is 21.3 Å². The molecule has 64 heavy (non-hydrogen) atoms. The number of nitrogens with zero attached hydrogens (tertiary/aromatic N) is 9. The number of benzene rings is 2. The molecule has 15 nitrogen and oxygen atoms in total. The molecule has 1 atom stereocenters. The Morgan fingerprint density at radius 3 is 2.39 bits per heavy atom. The second-order valence-corrected chi connectivity index (χ2v) is 19.4. The Hall–Kier alpha value is -5.55. The molecular formula is C46H52ClF2N11O4. The zero-order valence-electron chi connectivity index (χ0n) is 36.1. The summed E-state index contributed by atoms with van der Waals surface area (Å²) in [6.07, 6.45) is 9.08. The van der Waals surface area contributed by atoms with Crippen molar-refractivity contribution >= 4 is 79.9 Å². The molecule has 0 bridgehead atoms. The maximum absolute atomic E-state index is 15.2. The Labute approximate surface area is 373 Å². The first-order chi connectivity index (χ1) is 30.8. The van der Waals surface area contributed by atoms with Crippen molar-refractivity contribution in [3.63, 3.8) is 0 Å². The molecular weight excluding hydrogens is 844 g/mol. The summed E-state index contributed by atoms with van der Waals surface area (Å²) in [6, 6.07) is 10.5. The lowest BCUT2D eigenvalue weighted by molar-refractivity contribution is -0.129. The number of fused-ring (bicyclic) bond motifs is 4. The van der Waals surface area contributed by atoms with Crippen molar-refractivity contribution in [3.05, 3.63) is 58.0 Å². The van der Waals surface area contributed by atoms with Gasteiger partial charge in [-0.15, -0.1) is 0 Å². The highest BCUT2D eigenvalue weighted by Gasteiger charge is 2.51. The average molecular weight is 896 g/mol. The molecule has 11 rings (SSSR count). The number of nitrogens with one attached hydrogen (secondary N) is 2. The number of hydrogen-bond acceptors (Lipinski definition) is 12. The molecule has 0 radical (unpaired) electrons. The third kappa shape index (κ3) is 7.28. The second kappa shape index (κ2) is 15.6. The van der Waals surface area contributed by atoms with Gasteiger partial charge in [0.25, 0.3) is 5.56 Å². The lowest BCUT2D eigenvalue weighted by atomic mass is 9.66. The molecule has 7 heterocycles. The summed E-state index contributed by atoms with van der Waals surface area (Å²) >= 11 is 6.65. The minimum atomic E-state index is -3.12. The van der Waals surface area contributed by atoms with Crippen LogP contribution in [0.2, 0.25) is 5.02 Å². The van der Waals surface area contributed by atoms with Gasteiger partial charge in [-0.1, -0.05) is 11.6 Å². The Morgan fingerprint density at radius 2 is 1.66 bits per heavy atom. The van der Waals surface area contributed by atoms with Gasteiger partial charge in [0, 0.05) is 100 Å². The van der Waals surface area contributed by atoms with Gasteiger partial charge in [-0.3, -0.25) is 24.0 Å². The molecule has 2 amide bonds. The Kier molecular flexibility index (Phi) is 10.0. The Morgan fingerprint density at radius 1 is 0.906 bits per heavy atom. The number of piperidine rings is 1. The number of halogens is 3. The summed E-state index contributed by atoms with van der Waals surface area (Å²) < 4.78 is 39.1. The van der Waals surface area contributed by atoms with E-state index in [1.165, 1.54) is 35.2 Å². The molecule has 6 aliphatic rings. The van der Waals surface area contributed by atoms with Crippen LogP contribution in [0.4, 0.5) is 43.4 Å². The predicted octanol–water partition coefficient (Wildman–Crippen LogP) is 6.69. The molecule has 2 aliphatic carbocycles. The van der Waals surface area contributed by atoms with Crippen molar-refractivity contribution < 1.29 is 23.1 Å². The van der Waals surface area contributed by atoms with Gasteiger partial charge in [0.15, 0.2) is 18.2 Å². The molecule has 18 heteroatoms. The first-order valence-corrected chi connectivity index (χ1v) is 23.0. The number of anilines is 6. The number of carbonyl (C=O) groups excluding carboxylic acids is 2. The molecule has 336 valence electrons. The van der Waals surface area contributed by atoms with Crippen molar-refractivity contribution in [2.45, 2.75) is 69.8 Å². The minimum absolute atomic E-state index is 0.0991. The number of hydrogen-bond donors (Lipinski definition) is 2. The Balaban J connectivity index is 0.696. The molecule has 5 fully saturated rings. The van der Waals surface area contributed by atoms with E-state index in [0.29, 0.717) is 77.2 Å². The number of ether oxygens (including phenoxy) is 1. The summed E-state index contributed by atoms with van der Waals surface area (Å²) in [4.78, 5) is 56.5. The highest BCUT2D eigenvalue weighted by molar-refractivity contribution is 6.33. The molecule has 1 spiro atoms. The number of aryl methyl sites for hydroxylation is 2. The van der Waals surface area contributed by atoms with E-state index in [0.717, 1.165) is 62.4 Å². The molecule has 3 saturated heterocycles. The number of aromatic nitrogens is 5. The van der Waals surface area contributed by atoms with Gasteiger partial charge in [-0.2, -0.15) is 10.1 Å². The van der Waals surface area contributed by atoms with E-state index in [2.05, 4.69) is 47.5 Å². The molecule has 3 aromatic heterocycles. The Bertz CT molecular complexity index is 2740. The molecule has 4 aliphatic heterocycles. The monoisotopic (exact) mass is 895 g/mol. The summed E-state index contributed by atoms with van der Waals surface area (Å²) in [5, 5.41) is 12.7. The van der Waals surface area contributed by atoms with Gasteiger partial charge < -0.3 is 29.7 Å². The quantitative estimate of drug-likeness (QED) is 0.160. The molecule has 0 unspecified atom stereocenters. The second-order valence-electron chi connectivity index (χ2n) is 19.0. The molecule has 2 N–H and O–H groups in total. The van der Waals surface area contributed by atoms with E-state index in [-0.39, 0.29) is 34.6 Å². The van der Waals surface area contributed by atoms with Crippen LogP contribution in [0.1, 0.15) is 57.8 Å². The third-order valence-electron chi connectivity index (χ3n) is 14.7. The largest absolute Gasteiger partial charge is 0.480 e. The number of pyridine rings is 1. The van der Waals surface area contributed by atoms with Gasteiger partial charge in [0.1, 0.15) is 5.02 Å². The maximum Gasteiger partial charge on any atom is 0.301 e. The van der Waals surface area contributed by atoms with Crippen LogP contribution >= 0.6 is 11.6 Å². The fourth-order valence-corrected chi connectivity index (χ4v) is 11.0. The van der Waals surface area contributed by atoms with Crippen LogP contribution in [0.15, 0.2) is 47.4 Å². The highest BCUT2D eigenvalue weighted by atomic mass is 35.5. The zero-order valence-corrected chi connectivity index (χ0v) is 36.8. The SMILES string of the molecule is Cn1nc(N2C(=O)CCCC2=O)c2ccc(N3CCN(CC4CCC5(CC4)CN(c4ncc(Cl)c(Nc6ccc7c(c6)c6c(c(=O)n7C)OCC(F)(F)[C@H](C7CC7)N6)n4)C5)CC3)cc21. The number of rotatable bonds is 8. The van der Waals surface area contributed by atoms with E-state index in [9.17, 15) is 14.4 Å². The van der Waals surface area contributed by atoms with E-state index in [1.54, 1.807) is 24.0 Å². The van der Waals surface area contributed by atoms with Crippen LogP contribution in [-0.4, -0.2) is 105 Å². The van der Waals surface area contributed by atoms with E-state index >= 15 is 8.78 Å². The number of imide groups is 1. The van der Waals surface area contributed by atoms with Gasteiger partial charge in [-0.05, 0) is 93.2 Å². The van der Waals surface area contributed by atoms with Gasteiger partial charge in [0.05, 0.1) is 29.0 Å². The van der Waals surface area contributed by atoms with E-state index < -0.39 is 24.1 Å². The highest BCUT2D eigenvalue weighted by Crippen LogP contribution is 2.48. The van der Waals surface area contributed by atoms with Crippen LogP contribution in [0.5, 0.6) is 5.75 Å². The van der Waals surface area contributed by atoms with E-state index in [1.807, 2.05) is 25.2 Å². The molecule has 5 aromatic rings. The van der Waals surface area contributed by atoms with Crippen molar-refractivity contribution in [3.8, 4) is 5.75 Å². The summed E-state index contributed by atoms with van der Waals surface area (Å²) in [6.45, 7) is 5.89. The van der Waals surface area contributed by atoms with Gasteiger partial charge in [-0.25, -0.2) is 18.7 Å². The fourth-order valence-electron chi connectivity index (χ4n) is 10.8. The normalized spacial score (nSPS) is 22.6. The minimum Gasteiger partial charge on any atom is -0.480 e. The number of alkyl halides is 2. The van der Waals surface area contributed by atoms with Crippen molar-refractivity contribution in [1.82, 2.24) is 29.2 Å². The zero-order chi connectivity index (χ0) is 44.1. The lowest BCUT2D eigenvalue weighted by Crippen LogP contribution is -2.58. The maximum atomic E-state index is 15.2. The van der Waals surface area contributed by atoms with Gasteiger partial charge >= 0.3 is 5.92 Å². The lowest BCUT2D eigenvalue weighted by Gasteiger charge is -2.54. The number of piperazine rings is 1. The fraction of sp³-hybridized carbons (Fsp3) is 0.522. The van der Waals surface area contributed by atoms with Crippen LogP contribution in [0.3, 0.4) is 0 Å². The number of carbonyl (C=O) groups is 2. The summed E-state index contributed by atoms with van der Waals surface area (Å²) in [7, 11) is 3.48. The summed E-state index contributed by atoms with van der Waals surface area (Å²) in [5.41, 5.74) is 3.32. The van der Waals surface area contributed by atoms with Gasteiger partial charge in [0.2, 0.25) is 23.5 Å². The average Bonchev–Trinajstić information content (AvgIpc) is 4.08. The first-order valence-electron chi connectivity index (χ1n) is 22.6.